The molecule has 112 valence electrons. The van der Waals surface area contributed by atoms with Crippen LogP contribution in [0.2, 0.25) is 0 Å². The van der Waals surface area contributed by atoms with Crippen LogP contribution in [0, 0.1) is 5.82 Å². The summed E-state index contributed by atoms with van der Waals surface area (Å²) in [6.07, 6.45) is 2.48. The molecule has 0 spiro atoms. The average Bonchev–Trinajstić information content (AvgIpc) is 2.49. The van der Waals surface area contributed by atoms with Crippen LogP contribution < -0.4 is 15.4 Å². The van der Waals surface area contributed by atoms with Gasteiger partial charge in [-0.15, -0.1) is 0 Å². The Morgan fingerprint density at radius 3 is 2.86 bits per heavy atom. The minimum Gasteiger partial charge on any atom is -0.490 e. The van der Waals surface area contributed by atoms with Crippen LogP contribution in [0.1, 0.15) is 13.3 Å². The molecule has 0 amide bonds. The van der Waals surface area contributed by atoms with Gasteiger partial charge in [0.05, 0.1) is 6.61 Å². The maximum absolute atomic E-state index is 13.5. The lowest BCUT2D eigenvalue weighted by Gasteiger charge is -2.25. The Morgan fingerprint density at radius 1 is 1.29 bits per heavy atom. The number of hydrogen-bond acceptors (Lipinski definition) is 4. The highest BCUT2D eigenvalue weighted by molar-refractivity contribution is 5.65. The lowest BCUT2D eigenvalue weighted by atomic mass is 10.2. The number of pyridine rings is 1. The quantitative estimate of drug-likeness (QED) is 0.851. The van der Waals surface area contributed by atoms with Crippen LogP contribution in [0.5, 0.6) is 5.75 Å². The molecule has 0 bridgehead atoms. The van der Waals surface area contributed by atoms with E-state index in [2.05, 4.69) is 4.98 Å². The van der Waals surface area contributed by atoms with Gasteiger partial charge >= 0.3 is 0 Å². The predicted octanol–water partition coefficient (Wildman–Crippen LogP) is 3.11. The first-order chi connectivity index (χ1) is 10.3. The van der Waals surface area contributed by atoms with Gasteiger partial charge in [0.15, 0.2) is 11.6 Å². The zero-order chi connectivity index (χ0) is 15.1. The van der Waals surface area contributed by atoms with E-state index in [0.717, 1.165) is 12.1 Å². The number of benzene rings is 1. The molecule has 4 nitrogen and oxygen atoms in total. The monoisotopic (exact) mass is 289 g/mol. The van der Waals surface area contributed by atoms with Crippen LogP contribution in [0.3, 0.4) is 0 Å². The normalized spacial score (nSPS) is 10.4. The second-order valence-corrected chi connectivity index (χ2v) is 4.53. The fourth-order valence-corrected chi connectivity index (χ4v) is 2.10. The molecular weight excluding hydrogens is 269 g/mol. The molecule has 1 aromatic heterocycles. The number of halogens is 1. The Bertz CT molecular complexity index is 577. The number of ether oxygens (including phenoxy) is 1. The minimum atomic E-state index is -0.279. The molecule has 0 saturated carbocycles. The standard InChI is InChI=1S/C16H20FN3O/c1-2-21-15-8-4-10-19-16(15)20(11-5-9-18)14-7-3-6-13(17)12-14/h3-4,6-8,10,12H,2,5,9,11,18H2,1H3. The van der Waals surface area contributed by atoms with Crippen molar-refractivity contribution >= 4 is 11.5 Å². The molecule has 1 aromatic carbocycles. The Kier molecular flexibility index (Phi) is 5.51. The molecule has 0 saturated heterocycles. The zero-order valence-corrected chi connectivity index (χ0v) is 12.1. The molecule has 0 aliphatic rings. The first kappa shape index (κ1) is 15.3. The van der Waals surface area contributed by atoms with Crippen LogP contribution in [-0.4, -0.2) is 24.7 Å². The molecule has 1 heterocycles. The molecule has 5 heteroatoms. The van der Waals surface area contributed by atoms with Gasteiger partial charge in [-0.2, -0.15) is 0 Å². The van der Waals surface area contributed by atoms with E-state index in [9.17, 15) is 4.39 Å². The molecular formula is C16H20FN3O. The first-order valence-corrected chi connectivity index (χ1v) is 7.07. The topological polar surface area (TPSA) is 51.4 Å². The number of nitrogens with two attached hydrogens (primary N) is 1. The van der Waals surface area contributed by atoms with Gasteiger partial charge in [0.2, 0.25) is 0 Å². The Morgan fingerprint density at radius 2 is 2.14 bits per heavy atom. The van der Waals surface area contributed by atoms with Crippen molar-refractivity contribution in [3.05, 3.63) is 48.4 Å². The van der Waals surface area contributed by atoms with Crippen molar-refractivity contribution in [2.45, 2.75) is 13.3 Å². The van der Waals surface area contributed by atoms with Crippen LogP contribution in [0.4, 0.5) is 15.9 Å². The molecule has 0 fully saturated rings. The van der Waals surface area contributed by atoms with Crippen LogP contribution in [-0.2, 0) is 0 Å². The van der Waals surface area contributed by atoms with Gasteiger partial charge in [-0.3, -0.25) is 0 Å². The summed E-state index contributed by atoms with van der Waals surface area (Å²) in [5.41, 5.74) is 6.35. The summed E-state index contributed by atoms with van der Waals surface area (Å²) >= 11 is 0. The Hall–Kier alpha value is -2.14. The number of nitrogens with zero attached hydrogens (tertiary/aromatic N) is 2. The average molecular weight is 289 g/mol. The van der Waals surface area contributed by atoms with E-state index in [4.69, 9.17) is 10.5 Å². The first-order valence-electron chi connectivity index (χ1n) is 7.07. The number of aromatic nitrogens is 1. The molecule has 0 aliphatic heterocycles. The van der Waals surface area contributed by atoms with Crippen molar-refractivity contribution in [1.82, 2.24) is 4.98 Å². The van der Waals surface area contributed by atoms with E-state index in [-0.39, 0.29) is 5.82 Å². The van der Waals surface area contributed by atoms with E-state index in [1.54, 1.807) is 12.3 Å². The summed E-state index contributed by atoms with van der Waals surface area (Å²) in [4.78, 5) is 6.33. The van der Waals surface area contributed by atoms with Crippen molar-refractivity contribution in [3.8, 4) is 5.75 Å². The zero-order valence-electron chi connectivity index (χ0n) is 12.1. The maximum atomic E-state index is 13.5. The van der Waals surface area contributed by atoms with Gasteiger partial charge in [0, 0.05) is 18.4 Å². The molecule has 21 heavy (non-hydrogen) atoms. The SMILES string of the molecule is CCOc1cccnc1N(CCCN)c1cccc(F)c1. The number of hydrogen-bond donors (Lipinski definition) is 1. The lowest BCUT2D eigenvalue weighted by molar-refractivity contribution is 0.339. The van der Waals surface area contributed by atoms with Gasteiger partial charge in [-0.05, 0) is 50.2 Å². The lowest BCUT2D eigenvalue weighted by Crippen LogP contribution is -2.22. The summed E-state index contributed by atoms with van der Waals surface area (Å²) < 4.78 is 19.1. The largest absolute Gasteiger partial charge is 0.490 e. The fourth-order valence-electron chi connectivity index (χ4n) is 2.10. The fraction of sp³-hybridized carbons (Fsp3) is 0.312. The molecule has 2 N–H and O–H groups in total. The van der Waals surface area contributed by atoms with Gasteiger partial charge in [-0.25, -0.2) is 9.37 Å². The van der Waals surface area contributed by atoms with Crippen LogP contribution >= 0.6 is 0 Å². The molecule has 0 unspecified atom stereocenters. The van der Waals surface area contributed by atoms with E-state index < -0.39 is 0 Å². The maximum Gasteiger partial charge on any atom is 0.175 e. The second kappa shape index (κ2) is 7.59. The third kappa shape index (κ3) is 3.92. The van der Waals surface area contributed by atoms with Crippen molar-refractivity contribution in [3.63, 3.8) is 0 Å². The molecule has 0 radical (unpaired) electrons. The third-order valence-electron chi connectivity index (χ3n) is 3.01. The van der Waals surface area contributed by atoms with E-state index in [1.165, 1.54) is 12.1 Å². The van der Waals surface area contributed by atoms with Gasteiger partial charge < -0.3 is 15.4 Å². The van der Waals surface area contributed by atoms with Crippen LogP contribution in [0.15, 0.2) is 42.6 Å². The summed E-state index contributed by atoms with van der Waals surface area (Å²) in [7, 11) is 0. The summed E-state index contributed by atoms with van der Waals surface area (Å²) in [6.45, 7) is 3.68. The van der Waals surface area contributed by atoms with Crippen LogP contribution in [0.25, 0.3) is 0 Å². The van der Waals surface area contributed by atoms with Crippen molar-refractivity contribution in [2.75, 3.05) is 24.6 Å². The van der Waals surface area contributed by atoms with Crippen molar-refractivity contribution in [1.29, 1.82) is 0 Å². The Labute approximate surface area is 124 Å². The molecule has 0 atom stereocenters. The predicted molar refractivity (Wildman–Crippen MR) is 82.5 cm³/mol. The van der Waals surface area contributed by atoms with Crippen molar-refractivity contribution in [2.24, 2.45) is 5.73 Å². The summed E-state index contributed by atoms with van der Waals surface area (Å²) in [5, 5.41) is 0. The third-order valence-corrected chi connectivity index (χ3v) is 3.01. The van der Waals surface area contributed by atoms with Gasteiger partial charge in [0.1, 0.15) is 5.82 Å². The highest BCUT2D eigenvalue weighted by Gasteiger charge is 2.15. The number of anilines is 2. The van der Waals surface area contributed by atoms with Gasteiger partial charge in [0.25, 0.3) is 0 Å². The van der Waals surface area contributed by atoms with E-state index >= 15 is 0 Å². The highest BCUT2D eigenvalue weighted by atomic mass is 19.1. The number of rotatable bonds is 7. The minimum absolute atomic E-state index is 0.279. The van der Waals surface area contributed by atoms with E-state index in [0.29, 0.717) is 31.3 Å². The highest BCUT2D eigenvalue weighted by Crippen LogP contribution is 2.31. The smallest absolute Gasteiger partial charge is 0.175 e. The van der Waals surface area contributed by atoms with Crippen molar-refractivity contribution < 1.29 is 9.13 Å². The molecule has 2 aromatic rings. The summed E-state index contributed by atoms with van der Waals surface area (Å²) in [6, 6.07) is 10.1. The molecule has 0 aliphatic carbocycles. The molecule has 2 rings (SSSR count). The van der Waals surface area contributed by atoms with E-state index in [1.807, 2.05) is 30.0 Å². The summed E-state index contributed by atoms with van der Waals surface area (Å²) in [5.74, 6) is 1.08. The second-order valence-electron chi connectivity index (χ2n) is 4.53. The Balaban J connectivity index is 2.40. The van der Waals surface area contributed by atoms with Gasteiger partial charge in [-0.1, -0.05) is 6.07 Å².